The maximum Gasteiger partial charge on any atom is 0.260 e. The van der Waals surface area contributed by atoms with E-state index >= 15 is 0 Å². The van der Waals surface area contributed by atoms with Gasteiger partial charge in [0, 0.05) is 12.3 Å². The van der Waals surface area contributed by atoms with Gasteiger partial charge < -0.3 is 0 Å². The first kappa shape index (κ1) is 11.9. The molecule has 0 radical (unpaired) electrons. The minimum atomic E-state index is -0.0821. The lowest BCUT2D eigenvalue weighted by atomic mass is 10.1. The Labute approximate surface area is 114 Å². The first-order valence-electron chi connectivity index (χ1n) is 6.07. The van der Waals surface area contributed by atoms with Gasteiger partial charge in [-0.15, -0.1) is 0 Å². The zero-order valence-electron chi connectivity index (χ0n) is 10.2. The van der Waals surface area contributed by atoms with Crippen LogP contribution in [0.15, 0.2) is 53.6 Å². The molecule has 19 heavy (non-hydrogen) atoms. The Morgan fingerprint density at radius 1 is 1.16 bits per heavy atom. The van der Waals surface area contributed by atoms with Gasteiger partial charge >= 0.3 is 0 Å². The molecule has 0 amide bonds. The van der Waals surface area contributed by atoms with Crippen LogP contribution in [0.4, 0.5) is 0 Å². The second-order valence-electron chi connectivity index (χ2n) is 4.33. The van der Waals surface area contributed by atoms with Gasteiger partial charge in [0.1, 0.15) is 5.00 Å². The van der Waals surface area contributed by atoms with E-state index in [4.69, 9.17) is 0 Å². The quantitative estimate of drug-likeness (QED) is 0.792. The molecule has 3 rings (SSSR count). The third-order valence-corrected chi connectivity index (χ3v) is 3.74. The van der Waals surface area contributed by atoms with Crippen molar-refractivity contribution in [2.45, 2.75) is 12.8 Å². The second kappa shape index (κ2) is 5.24. The minimum absolute atomic E-state index is 0.0821. The van der Waals surface area contributed by atoms with Gasteiger partial charge in [-0.05, 0) is 35.5 Å². The number of H-pyrrole nitrogens is 1. The van der Waals surface area contributed by atoms with Crippen LogP contribution in [0.1, 0.15) is 11.1 Å². The van der Waals surface area contributed by atoms with Crippen molar-refractivity contribution in [3.8, 4) is 5.00 Å². The van der Waals surface area contributed by atoms with E-state index in [9.17, 15) is 4.79 Å². The smallest absolute Gasteiger partial charge is 0.260 e. The lowest BCUT2D eigenvalue weighted by Crippen LogP contribution is -1.95. The van der Waals surface area contributed by atoms with Gasteiger partial charge in [0.25, 0.3) is 5.56 Å². The van der Waals surface area contributed by atoms with Crippen LogP contribution < -0.4 is 5.56 Å². The number of nitrogens with one attached hydrogen (secondary N) is 1. The van der Waals surface area contributed by atoms with Gasteiger partial charge in [0.2, 0.25) is 0 Å². The van der Waals surface area contributed by atoms with Crippen LogP contribution >= 0.6 is 11.5 Å². The van der Waals surface area contributed by atoms with E-state index in [-0.39, 0.29) is 5.56 Å². The topological polar surface area (TPSA) is 50.7 Å². The summed E-state index contributed by atoms with van der Waals surface area (Å²) in [6.45, 7) is 0. The fourth-order valence-electron chi connectivity index (χ4n) is 1.93. The molecule has 0 saturated carbocycles. The Kier molecular flexibility index (Phi) is 3.29. The van der Waals surface area contributed by atoms with Crippen molar-refractivity contribution in [3.05, 3.63) is 70.3 Å². The summed E-state index contributed by atoms with van der Waals surface area (Å²) in [7, 11) is 0. The maximum atomic E-state index is 11.1. The summed E-state index contributed by atoms with van der Waals surface area (Å²) in [4.78, 5) is 11.1. The van der Waals surface area contributed by atoms with Crippen molar-refractivity contribution in [2.24, 2.45) is 0 Å². The van der Waals surface area contributed by atoms with Gasteiger partial charge in [0.05, 0.1) is 6.20 Å². The highest BCUT2D eigenvalue weighted by Crippen LogP contribution is 2.11. The molecule has 0 aliphatic heterocycles. The highest BCUT2D eigenvalue weighted by molar-refractivity contribution is 7.08. The summed E-state index contributed by atoms with van der Waals surface area (Å²) in [5.74, 6) is 0. The van der Waals surface area contributed by atoms with E-state index in [1.807, 2.05) is 18.5 Å². The van der Waals surface area contributed by atoms with Crippen LogP contribution in [0.3, 0.4) is 0 Å². The van der Waals surface area contributed by atoms with Crippen molar-refractivity contribution >= 4 is 11.5 Å². The first-order chi connectivity index (χ1) is 9.31. The molecular formula is C14H13N3OS. The molecule has 5 heteroatoms. The van der Waals surface area contributed by atoms with E-state index in [1.54, 1.807) is 10.7 Å². The normalized spacial score (nSPS) is 10.7. The molecule has 2 aromatic heterocycles. The summed E-state index contributed by atoms with van der Waals surface area (Å²) < 4.78 is 4.40. The number of hydrogen-bond acceptors (Lipinski definition) is 3. The number of hydrogen-bond donors (Lipinski definition) is 1. The minimum Gasteiger partial charge on any atom is -0.276 e. The fourth-order valence-corrected chi connectivity index (χ4v) is 2.55. The molecule has 1 N–H and O–H groups in total. The maximum absolute atomic E-state index is 11.1. The van der Waals surface area contributed by atoms with Gasteiger partial charge in [-0.2, -0.15) is 5.10 Å². The van der Waals surface area contributed by atoms with Gasteiger partial charge in [-0.3, -0.25) is 9.17 Å². The zero-order chi connectivity index (χ0) is 13.1. The van der Waals surface area contributed by atoms with Crippen molar-refractivity contribution in [3.63, 3.8) is 0 Å². The third-order valence-electron chi connectivity index (χ3n) is 2.92. The molecule has 0 saturated heterocycles. The predicted molar refractivity (Wildman–Crippen MR) is 75.9 cm³/mol. The molecular weight excluding hydrogens is 258 g/mol. The Bertz CT molecular complexity index is 711. The lowest BCUT2D eigenvalue weighted by Gasteiger charge is -1.98. The summed E-state index contributed by atoms with van der Waals surface area (Å²) in [5.41, 5.74) is 2.41. The number of aromatic nitrogens is 3. The van der Waals surface area contributed by atoms with Crippen LogP contribution in [-0.2, 0) is 12.8 Å². The Balaban J connectivity index is 1.70. The molecule has 0 fully saturated rings. The summed E-state index contributed by atoms with van der Waals surface area (Å²) >= 11 is 1.29. The number of aryl methyl sites for hydroxylation is 2. The molecule has 96 valence electrons. The number of aromatic amines is 1. The van der Waals surface area contributed by atoms with Gasteiger partial charge in [-0.1, -0.05) is 30.3 Å². The molecule has 0 unspecified atom stereocenters. The lowest BCUT2D eigenvalue weighted by molar-refractivity contribution is 0.895. The average Bonchev–Trinajstić information content (AvgIpc) is 3.06. The van der Waals surface area contributed by atoms with Gasteiger partial charge in [0.15, 0.2) is 0 Å². The molecule has 1 aromatic carbocycles. The van der Waals surface area contributed by atoms with Gasteiger partial charge in [-0.25, -0.2) is 4.68 Å². The third kappa shape index (κ3) is 2.82. The largest absolute Gasteiger partial charge is 0.276 e. The van der Waals surface area contributed by atoms with E-state index in [0.717, 1.165) is 17.8 Å². The van der Waals surface area contributed by atoms with Crippen molar-refractivity contribution in [1.29, 1.82) is 0 Å². The van der Waals surface area contributed by atoms with Crippen LogP contribution in [0.25, 0.3) is 5.00 Å². The Hall–Kier alpha value is -2.14. The monoisotopic (exact) mass is 271 g/mol. The summed E-state index contributed by atoms with van der Waals surface area (Å²) in [6.07, 6.45) is 5.77. The molecule has 0 atom stereocenters. The van der Waals surface area contributed by atoms with E-state index in [2.05, 4.69) is 33.7 Å². The zero-order valence-corrected chi connectivity index (χ0v) is 11.1. The average molecular weight is 271 g/mol. The molecule has 4 nitrogen and oxygen atoms in total. The molecule has 0 aliphatic rings. The van der Waals surface area contributed by atoms with E-state index < -0.39 is 0 Å². The number of rotatable bonds is 4. The SMILES string of the molecule is O=c1cc(-n2cc(CCc3ccccc3)cn2)s[nH]1. The highest BCUT2D eigenvalue weighted by atomic mass is 32.1. The van der Waals surface area contributed by atoms with Crippen LogP contribution in [0.5, 0.6) is 0 Å². The molecule has 2 heterocycles. The molecule has 0 aliphatic carbocycles. The van der Waals surface area contributed by atoms with Crippen LogP contribution in [0.2, 0.25) is 0 Å². The molecule has 3 aromatic rings. The molecule has 0 bridgehead atoms. The standard InChI is InChI=1S/C14H13N3OS/c18-13-8-14(19-16-13)17-10-12(9-15-17)7-6-11-4-2-1-3-5-11/h1-5,8-10H,6-7H2,(H,16,18). The van der Waals surface area contributed by atoms with E-state index in [0.29, 0.717) is 0 Å². The van der Waals surface area contributed by atoms with Crippen molar-refractivity contribution in [2.75, 3.05) is 0 Å². The Morgan fingerprint density at radius 2 is 1.95 bits per heavy atom. The van der Waals surface area contributed by atoms with E-state index in [1.165, 1.54) is 22.7 Å². The number of benzene rings is 1. The molecule has 0 spiro atoms. The highest BCUT2D eigenvalue weighted by Gasteiger charge is 2.04. The van der Waals surface area contributed by atoms with Crippen LogP contribution in [0, 0.1) is 0 Å². The fraction of sp³-hybridized carbons (Fsp3) is 0.143. The summed E-state index contributed by atoms with van der Waals surface area (Å²) in [6, 6.07) is 11.9. The van der Waals surface area contributed by atoms with Crippen LogP contribution in [-0.4, -0.2) is 14.2 Å². The van der Waals surface area contributed by atoms with Crippen molar-refractivity contribution < 1.29 is 0 Å². The Morgan fingerprint density at radius 3 is 2.68 bits per heavy atom. The summed E-state index contributed by atoms with van der Waals surface area (Å²) in [5, 5.41) is 5.10. The van der Waals surface area contributed by atoms with Crippen molar-refractivity contribution in [1.82, 2.24) is 14.2 Å². The second-order valence-corrected chi connectivity index (χ2v) is 5.16. The predicted octanol–water partition coefficient (Wildman–Crippen LogP) is 2.41. The first-order valence-corrected chi connectivity index (χ1v) is 6.89. The number of nitrogens with zero attached hydrogens (tertiary/aromatic N) is 2.